The van der Waals surface area contributed by atoms with E-state index in [-0.39, 0.29) is 16.6 Å². The molecule has 1 aromatic carbocycles. The molecule has 0 aliphatic carbocycles. The van der Waals surface area contributed by atoms with Crippen molar-refractivity contribution in [3.05, 3.63) is 65.6 Å². The predicted octanol–water partition coefficient (Wildman–Crippen LogP) is 4.08. The Morgan fingerprint density at radius 1 is 1.12 bits per heavy atom. The number of aromatic nitrogens is 2. The number of fused-ring (bicyclic) bond motifs is 1. The molecule has 0 bridgehead atoms. The van der Waals surface area contributed by atoms with E-state index in [0.29, 0.717) is 11.5 Å². The van der Waals surface area contributed by atoms with Gasteiger partial charge in [0.1, 0.15) is 15.8 Å². The monoisotopic (exact) mass is 405 g/mol. The molecule has 0 fully saturated rings. The fourth-order valence-electron chi connectivity index (χ4n) is 2.34. The summed E-state index contributed by atoms with van der Waals surface area (Å²) in [7, 11) is -3.70. The van der Waals surface area contributed by atoms with Crippen LogP contribution in [0.4, 0.5) is 0 Å². The number of hydrogen-bond acceptors (Lipinski definition) is 6. The number of halogens is 1. The number of nitrogens with zero attached hydrogens (tertiary/aromatic N) is 2. The molecular formula is C17H12ClN3O3S2. The Morgan fingerprint density at radius 3 is 2.73 bits per heavy atom. The van der Waals surface area contributed by atoms with E-state index in [0.717, 1.165) is 15.2 Å². The normalized spacial score (nSPS) is 11.9. The fraction of sp³-hybridized carbons (Fsp3) is 0.0588. The highest BCUT2D eigenvalue weighted by Crippen LogP contribution is 2.31. The number of nitrogens with one attached hydrogen (secondary N) is 1. The van der Waals surface area contributed by atoms with Crippen molar-refractivity contribution in [1.82, 2.24) is 14.7 Å². The molecule has 3 aromatic heterocycles. The van der Waals surface area contributed by atoms with Gasteiger partial charge in [0.05, 0.1) is 16.8 Å². The quantitative estimate of drug-likeness (QED) is 0.505. The fourth-order valence-corrected chi connectivity index (χ4v) is 4.31. The van der Waals surface area contributed by atoms with Crippen molar-refractivity contribution in [3.63, 3.8) is 0 Å². The molecule has 6 nitrogen and oxygen atoms in total. The zero-order valence-electron chi connectivity index (χ0n) is 13.2. The van der Waals surface area contributed by atoms with Crippen molar-refractivity contribution in [1.29, 1.82) is 0 Å². The molecule has 3 heterocycles. The SMILES string of the molecule is O=S(=O)(NCc1ccc(-c2nc3ccccc3s2)o1)c1ccc(Cl)nc1. The van der Waals surface area contributed by atoms with Crippen LogP contribution in [0.25, 0.3) is 21.0 Å². The minimum atomic E-state index is -3.70. The lowest BCUT2D eigenvalue weighted by molar-refractivity contribution is 0.509. The van der Waals surface area contributed by atoms with Gasteiger partial charge in [-0.1, -0.05) is 23.7 Å². The Morgan fingerprint density at radius 2 is 1.96 bits per heavy atom. The van der Waals surface area contributed by atoms with E-state index in [1.165, 1.54) is 29.7 Å². The maximum absolute atomic E-state index is 12.3. The molecule has 26 heavy (non-hydrogen) atoms. The smallest absolute Gasteiger partial charge is 0.242 e. The van der Waals surface area contributed by atoms with Gasteiger partial charge in [-0.3, -0.25) is 0 Å². The second-order valence-electron chi connectivity index (χ2n) is 5.39. The van der Waals surface area contributed by atoms with Gasteiger partial charge < -0.3 is 4.42 Å². The number of para-hydroxylation sites is 1. The number of sulfonamides is 1. The summed E-state index contributed by atoms with van der Waals surface area (Å²) >= 11 is 7.20. The number of hydrogen-bond donors (Lipinski definition) is 1. The van der Waals surface area contributed by atoms with Gasteiger partial charge in [0.2, 0.25) is 10.0 Å². The highest BCUT2D eigenvalue weighted by molar-refractivity contribution is 7.89. The Labute approximate surface area is 158 Å². The summed E-state index contributed by atoms with van der Waals surface area (Å²) in [5, 5.41) is 0.984. The van der Waals surface area contributed by atoms with E-state index in [2.05, 4.69) is 14.7 Å². The third kappa shape index (κ3) is 3.49. The number of thiazole rings is 1. The minimum Gasteiger partial charge on any atom is -0.457 e. The predicted molar refractivity (Wildman–Crippen MR) is 101 cm³/mol. The van der Waals surface area contributed by atoms with Crippen LogP contribution >= 0.6 is 22.9 Å². The molecule has 9 heteroatoms. The van der Waals surface area contributed by atoms with Crippen molar-refractivity contribution >= 4 is 43.2 Å². The van der Waals surface area contributed by atoms with E-state index in [9.17, 15) is 8.42 Å². The number of furan rings is 1. The van der Waals surface area contributed by atoms with Gasteiger partial charge >= 0.3 is 0 Å². The lowest BCUT2D eigenvalue weighted by Gasteiger charge is -2.04. The molecule has 0 spiro atoms. The van der Waals surface area contributed by atoms with Crippen molar-refractivity contribution in [2.75, 3.05) is 0 Å². The summed E-state index contributed by atoms with van der Waals surface area (Å²) in [4.78, 5) is 8.35. The lowest BCUT2D eigenvalue weighted by Crippen LogP contribution is -2.23. The summed E-state index contributed by atoms with van der Waals surface area (Å²) in [6, 6.07) is 14.1. The van der Waals surface area contributed by atoms with E-state index >= 15 is 0 Å². The molecule has 0 saturated heterocycles. The third-order valence-corrected chi connectivity index (χ3v) is 6.27. The second kappa shape index (κ2) is 6.81. The summed E-state index contributed by atoms with van der Waals surface area (Å²) < 4.78 is 33.8. The summed E-state index contributed by atoms with van der Waals surface area (Å²) in [5.74, 6) is 1.10. The van der Waals surface area contributed by atoms with Crippen LogP contribution in [0.2, 0.25) is 5.15 Å². The molecule has 0 atom stereocenters. The zero-order valence-corrected chi connectivity index (χ0v) is 15.6. The van der Waals surface area contributed by atoms with Crippen molar-refractivity contribution in [2.24, 2.45) is 0 Å². The molecular weight excluding hydrogens is 394 g/mol. The standard InChI is InChI=1S/C17H12ClN3O3S2/c18-16-8-6-12(10-19-16)26(22,23)20-9-11-5-7-14(24-11)17-21-13-3-1-2-4-15(13)25-17/h1-8,10,20H,9H2. The van der Waals surface area contributed by atoms with E-state index in [1.807, 2.05) is 24.3 Å². The molecule has 0 amide bonds. The van der Waals surface area contributed by atoms with Crippen LogP contribution in [0.15, 0.2) is 64.0 Å². The van der Waals surface area contributed by atoms with Crippen LogP contribution in [-0.2, 0) is 16.6 Å². The zero-order chi connectivity index (χ0) is 18.1. The maximum atomic E-state index is 12.3. The lowest BCUT2D eigenvalue weighted by atomic mass is 10.3. The van der Waals surface area contributed by atoms with Crippen LogP contribution in [0.5, 0.6) is 0 Å². The number of rotatable bonds is 5. The van der Waals surface area contributed by atoms with Gasteiger partial charge in [-0.15, -0.1) is 11.3 Å². The van der Waals surface area contributed by atoms with Gasteiger partial charge in [-0.05, 0) is 36.4 Å². The first-order valence-corrected chi connectivity index (χ1v) is 10.2. The molecule has 132 valence electrons. The van der Waals surface area contributed by atoms with E-state index in [4.69, 9.17) is 16.0 Å². The second-order valence-corrected chi connectivity index (χ2v) is 8.58. The summed E-state index contributed by atoms with van der Waals surface area (Å²) in [5.41, 5.74) is 0.904. The van der Waals surface area contributed by atoms with Crippen molar-refractivity contribution in [3.8, 4) is 10.8 Å². The van der Waals surface area contributed by atoms with Crippen LogP contribution < -0.4 is 4.72 Å². The van der Waals surface area contributed by atoms with E-state index < -0.39 is 10.0 Å². The Kier molecular flexibility index (Phi) is 4.49. The van der Waals surface area contributed by atoms with Crippen LogP contribution in [0.3, 0.4) is 0 Å². The summed E-state index contributed by atoms with van der Waals surface area (Å²) in [6.45, 7) is 0.0237. The largest absolute Gasteiger partial charge is 0.457 e. The average Bonchev–Trinajstić information content (AvgIpc) is 3.27. The van der Waals surface area contributed by atoms with Gasteiger partial charge in [0, 0.05) is 6.20 Å². The van der Waals surface area contributed by atoms with Crippen molar-refractivity contribution in [2.45, 2.75) is 11.4 Å². The highest BCUT2D eigenvalue weighted by Gasteiger charge is 2.16. The molecule has 0 aliphatic heterocycles. The Bertz CT molecular complexity index is 1130. The van der Waals surface area contributed by atoms with Gasteiger partial charge in [-0.25, -0.2) is 23.1 Å². The number of pyridine rings is 1. The third-order valence-electron chi connectivity index (χ3n) is 3.61. The highest BCUT2D eigenvalue weighted by atomic mass is 35.5. The van der Waals surface area contributed by atoms with Gasteiger partial charge in [-0.2, -0.15) is 0 Å². The van der Waals surface area contributed by atoms with Gasteiger partial charge in [0.25, 0.3) is 0 Å². The van der Waals surface area contributed by atoms with Crippen LogP contribution in [0, 0.1) is 0 Å². The minimum absolute atomic E-state index is 0.0237. The molecule has 0 unspecified atom stereocenters. The Hall–Kier alpha value is -2.26. The van der Waals surface area contributed by atoms with Crippen LogP contribution in [0.1, 0.15) is 5.76 Å². The van der Waals surface area contributed by atoms with Gasteiger partial charge in [0.15, 0.2) is 10.8 Å². The first-order valence-electron chi connectivity index (χ1n) is 7.57. The average molecular weight is 406 g/mol. The first-order chi connectivity index (χ1) is 12.5. The molecule has 0 aliphatic rings. The summed E-state index contributed by atoms with van der Waals surface area (Å²) in [6.07, 6.45) is 1.21. The van der Waals surface area contributed by atoms with Crippen molar-refractivity contribution < 1.29 is 12.8 Å². The van der Waals surface area contributed by atoms with Crippen LogP contribution in [-0.4, -0.2) is 18.4 Å². The molecule has 4 aromatic rings. The molecule has 1 N–H and O–H groups in total. The molecule has 0 saturated carbocycles. The molecule has 0 radical (unpaired) electrons. The Balaban J connectivity index is 1.50. The maximum Gasteiger partial charge on any atom is 0.242 e. The molecule has 4 rings (SSSR count). The first kappa shape index (κ1) is 17.2. The number of benzene rings is 1. The van der Waals surface area contributed by atoms with E-state index in [1.54, 1.807) is 12.1 Å². The topological polar surface area (TPSA) is 85.1 Å².